The van der Waals surface area contributed by atoms with Crippen molar-refractivity contribution in [2.24, 2.45) is 0 Å². The zero-order chi connectivity index (χ0) is 11.1. The van der Waals surface area contributed by atoms with E-state index in [2.05, 4.69) is 4.98 Å². The highest BCUT2D eigenvalue weighted by atomic mass is 16.5. The topological polar surface area (TPSA) is 39.2 Å². The minimum atomic E-state index is 0.0250. The van der Waals surface area contributed by atoms with Crippen molar-refractivity contribution < 1.29 is 9.53 Å². The van der Waals surface area contributed by atoms with Crippen LogP contribution < -0.4 is 4.74 Å². The smallest absolute Gasteiger partial charge is 0.196 e. The summed E-state index contributed by atoms with van der Waals surface area (Å²) in [7, 11) is 1.60. The van der Waals surface area contributed by atoms with E-state index in [-0.39, 0.29) is 5.78 Å². The van der Waals surface area contributed by atoms with Crippen molar-refractivity contribution in [1.29, 1.82) is 0 Å². The van der Waals surface area contributed by atoms with Crippen molar-refractivity contribution in [1.82, 2.24) is 4.98 Å². The van der Waals surface area contributed by atoms with Crippen molar-refractivity contribution in [2.75, 3.05) is 7.11 Å². The Kier molecular flexibility index (Phi) is 1.80. The van der Waals surface area contributed by atoms with Crippen molar-refractivity contribution >= 4 is 5.78 Å². The van der Waals surface area contributed by atoms with Crippen LogP contribution in [0.4, 0.5) is 0 Å². The Bertz CT molecular complexity index is 590. The lowest BCUT2D eigenvalue weighted by Gasteiger charge is -2.05. The summed E-state index contributed by atoms with van der Waals surface area (Å²) in [5, 5.41) is 0. The number of hydrogen-bond acceptors (Lipinski definition) is 3. The third-order valence-electron chi connectivity index (χ3n) is 2.78. The van der Waals surface area contributed by atoms with Crippen LogP contribution in [0, 0.1) is 0 Å². The van der Waals surface area contributed by atoms with Crippen LogP contribution in [0.25, 0.3) is 11.3 Å². The first-order chi connectivity index (χ1) is 7.83. The van der Waals surface area contributed by atoms with Gasteiger partial charge in [-0.3, -0.25) is 9.78 Å². The van der Waals surface area contributed by atoms with Gasteiger partial charge in [0.1, 0.15) is 5.75 Å². The Labute approximate surface area is 92.7 Å². The molecule has 0 amide bonds. The highest BCUT2D eigenvalue weighted by Crippen LogP contribution is 2.40. The molecule has 0 bridgehead atoms. The van der Waals surface area contributed by atoms with Crippen LogP contribution >= 0.6 is 0 Å². The highest BCUT2D eigenvalue weighted by Gasteiger charge is 2.29. The maximum absolute atomic E-state index is 12.1. The number of hydrogen-bond donors (Lipinski definition) is 0. The first-order valence-corrected chi connectivity index (χ1v) is 5.00. The highest BCUT2D eigenvalue weighted by molar-refractivity contribution is 6.21. The first-order valence-electron chi connectivity index (χ1n) is 5.00. The number of ketones is 1. The van der Waals surface area contributed by atoms with Crippen molar-refractivity contribution in [3.05, 3.63) is 47.7 Å². The van der Waals surface area contributed by atoms with Gasteiger partial charge in [-0.25, -0.2) is 0 Å². The molecular weight excluding hydrogens is 202 g/mol. The predicted octanol–water partition coefficient (Wildman–Crippen LogP) is 2.30. The normalized spacial score (nSPS) is 12.2. The van der Waals surface area contributed by atoms with Gasteiger partial charge in [-0.05, 0) is 18.2 Å². The quantitative estimate of drug-likeness (QED) is 0.620. The van der Waals surface area contributed by atoms with E-state index in [1.165, 1.54) is 0 Å². The van der Waals surface area contributed by atoms with Crippen molar-refractivity contribution in [3.63, 3.8) is 0 Å². The summed E-state index contributed by atoms with van der Waals surface area (Å²) in [6.07, 6.45) is 1.69. The Hall–Kier alpha value is -2.16. The maximum Gasteiger partial charge on any atom is 0.196 e. The van der Waals surface area contributed by atoms with Gasteiger partial charge in [0.05, 0.1) is 18.4 Å². The molecule has 1 aromatic carbocycles. The average molecular weight is 211 g/mol. The fourth-order valence-corrected chi connectivity index (χ4v) is 2.07. The number of pyridine rings is 1. The summed E-state index contributed by atoms with van der Waals surface area (Å²) < 4.78 is 5.27. The van der Waals surface area contributed by atoms with Crippen LogP contribution in [0.5, 0.6) is 5.75 Å². The lowest BCUT2D eigenvalue weighted by molar-refractivity contribution is 0.104. The fraction of sp³-hybridized carbons (Fsp3) is 0.0769. The van der Waals surface area contributed by atoms with Gasteiger partial charge < -0.3 is 4.74 Å². The Morgan fingerprint density at radius 1 is 1.12 bits per heavy atom. The number of methoxy groups -OCH3 is 1. The lowest BCUT2D eigenvalue weighted by Crippen LogP contribution is -1.94. The number of ether oxygens (including phenoxy) is 1. The number of nitrogens with zero attached hydrogens (tertiary/aromatic N) is 1. The minimum Gasteiger partial charge on any atom is -0.496 e. The predicted molar refractivity (Wildman–Crippen MR) is 59.7 cm³/mol. The van der Waals surface area contributed by atoms with Gasteiger partial charge >= 0.3 is 0 Å². The molecule has 1 aliphatic carbocycles. The average Bonchev–Trinajstić information content (AvgIpc) is 2.64. The summed E-state index contributed by atoms with van der Waals surface area (Å²) in [5.74, 6) is 0.723. The molecule has 3 heteroatoms. The standard InChI is InChI=1S/C13H9NO2/c1-16-10-6-2-4-8-11(10)12-9(13(8)15)5-3-7-14-12/h2-7H,1H3. The molecule has 0 saturated carbocycles. The number of aromatic nitrogens is 1. The number of rotatable bonds is 1. The van der Waals surface area contributed by atoms with Gasteiger partial charge in [-0.2, -0.15) is 0 Å². The second-order valence-electron chi connectivity index (χ2n) is 3.61. The molecule has 1 heterocycles. The van der Waals surface area contributed by atoms with Gasteiger partial charge in [-0.1, -0.05) is 12.1 Å². The molecule has 0 aliphatic heterocycles. The largest absolute Gasteiger partial charge is 0.496 e. The molecule has 16 heavy (non-hydrogen) atoms. The van der Waals surface area contributed by atoms with Crippen molar-refractivity contribution in [3.8, 4) is 17.0 Å². The summed E-state index contributed by atoms with van der Waals surface area (Å²) in [6.45, 7) is 0. The molecule has 0 radical (unpaired) electrons. The van der Waals surface area contributed by atoms with Crippen LogP contribution in [0.15, 0.2) is 36.5 Å². The molecule has 3 nitrogen and oxygen atoms in total. The molecule has 2 aromatic rings. The summed E-state index contributed by atoms with van der Waals surface area (Å²) >= 11 is 0. The van der Waals surface area contributed by atoms with Gasteiger partial charge in [-0.15, -0.1) is 0 Å². The minimum absolute atomic E-state index is 0.0250. The first kappa shape index (κ1) is 9.09. The molecule has 1 aromatic heterocycles. The SMILES string of the molecule is COc1cccc2c1-c1ncccc1C2=O. The monoisotopic (exact) mass is 211 g/mol. The van der Waals surface area contributed by atoms with Gasteiger partial charge in [0.15, 0.2) is 5.78 Å². The van der Waals surface area contributed by atoms with Gasteiger partial charge in [0, 0.05) is 17.3 Å². The Morgan fingerprint density at radius 3 is 2.75 bits per heavy atom. The second kappa shape index (κ2) is 3.17. The van der Waals surface area contributed by atoms with E-state index in [0.29, 0.717) is 16.9 Å². The van der Waals surface area contributed by atoms with E-state index in [1.54, 1.807) is 25.4 Å². The van der Waals surface area contributed by atoms with Crippen LogP contribution in [0.2, 0.25) is 0 Å². The van der Waals surface area contributed by atoms with Crippen LogP contribution in [-0.2, 0) is 0 Å². The third-order valence-corrected chi connectivity index (χ3v) is 2.78. The second-order valence-corrected chi connectivity index (χ2v) is 3.61. The molecule has 0 N–H and O–H groups in total. The van der Waals surface area contributed by atoms with Gasteiger partial charge in [0.25, 0.3) is 0 Å². The van der Waals surface area contributed by atoms with E-state index < -0.39 is 0 Å². The van der Waals surface area contributed by atoms with Crippen molar-refractivity contribution in [2.45, 2.75) is 0 Å². The lowest BCUT2D eigenvalue weighted by atomic mass is 10.1. The molecule has 0 fully saturated rings. The number of fused-ring (bicyclic) bond motifs is 3. The third kappa shape index (κ3) is 1.03. The molecule has 78 valence electrons. The summed E-state index contributed by atoms with van der Waals surface area (Å²) in [5.41, 5.74) is 2.86. The van der Waals surface area contributed by atoms with Gasteiger partial charge in [0.2, 0.25) is 0 Å². The summed E-state index contributed by atoms with van der Waals surface area (Å²) in [4.78, 5) is 16.3. The molecule has 0 atom stereocenters. The zero-order valence-corrected chi connectivity index (χ0v) is 8.73. The Balaban J connectivity index is 2.39. The molecular formula is C13H9NO2. The number of carbonyl (C=O) groups excluding carboxylic acids is 1. The summed E-state index contributed by atoms with van der Waals surface area (Å²) in [6, 6.07) is 9.04. The van der Waals surface area contributed by atoms with E-state index >= 15 is 0 Å². The molecule has 0 unspecified atom stereocenters. The molecule has 1 aliphatic rings. The van der Waals surface area contributed by atoms with E-state index in [0.717, 1.165) is 11.3 Å². The van der Waals surface area contributed by atoms with Crippen LogP contribution in [-0.4, -0.2) is 17.9 Å². The number of benzene rings is 1. The van der Waals surface area contributed by atoms with Crippen LogP contribution in [0.3, 0.4) is 0 Å². The molecule has 3 rings (SSSR count). The fourth-order valence-electron chi connectivity index (χ4n) is 2.07. The van der Waals surface area contributed by atoms with E-state index in [9.17, 15) is 4.79 Å². The van der Waals surface area contributed by atoms with E-state index in [1.807, 2.05) is 18.2 Å². The van der Waals surface area contributed by atoms with Crippen LogP contribution in [0.1, 0.15) is 15.9 Å². The van der Waals surface area contributed by atoms with E-state index in [4.69, 9.17) is 4.74 Å². The molecule has 0 spiro atoms. The Morgan fingerprint density at radius 2 is 1.94 bits per heavy atom. The molecule has 0 saturated heterocycles. The maximum atomic E-state index is 12.1. The number of carbonyl (C=O) groups is 1. The zero-order valence-electron chi connectivity index (χ0n) is 8.73.